The highest BCUT2D eigenvalue weighted by atomic mass is 35.5. The number of nitrogens with two attached hydrogens (primary N) is 1. The van der Waals surface area contributed by atoms with Gasteiger partial charge < -0.3 is 15.2 Å². The second-order valence-electron chi connectivity index (χ2n) is 7.21. The van der Waals surface area contributed by atoms with Crippen molar-refractivity contribution in [1.29, 1.82) is 0 Å². The van der Waals surface area contributed by atoms with Crippen molar-refractivity contribution in [1.82, 2.24) is 4.98 Å². The van der Waals surface area contributed by atoms with Crippen LogP contribution in [0.1, 0.15) is 18.4 Å². The van der Waals surface area contributed by atoms with Gasteiger partial charge in [0.1, 0.15) is 17.4 Å². The molecule has 1 aliphatic rings. The summed E-state index contributed by atoms with van der Waals surface area (Å²) in [4.78, 5) is 4.04. The Balaban J connectivity index is 1.46. The van der Waals surface area contributed by atoms with Gasteiger partial charge in [-0.15, -0.1) is 0 Å². The van der Waals surface area contributed by atoms with Gasteiger partial charge in [0.25, 0.3) is 0 Å². The zero-order valence-electron chi connectivity index (χ0n) is 16.7. The Morgan fingerprint density at radius 3 is 2.72 bits per heavy atom. The van der Waals surface area contributed by atoms with E-state index in [9.17, 15) is 13.2 Å². The minimum atomic E-state index is -0.541. The number of aromatic nitrogens is 1. The van der Waals surface area contributed by atoms with Gasteiger partial charge >= 0.3 is 0 Å². The predicted octanol–water partition coefficient (Wildman–Crippen LogP) is 6.53. The van der Waals surface area contributed by atoms with Crippen LogP contribution in [0, 0.1) is 22.7 Å². The molecule has 4 nitrogen and oxygen atoms in total. The molecule has 2 unspecified atom stereocenters. The topological polar surface area (TPSA) is 60.2 Å². The minimum absolute atomic E-state index is 0.149. The maximum absolute atomic E-state index is 14.6. The smallest absolute Gasteiger partial charge is 0.198 e. The van der Waals surface area contributed by atoms with Gasteiger partial charge in [0.05, 0.1) is 22.7 Å². The molecule has 0 saturated heterocycles. The first-order valence-electron chi connectivity index (χ1n) is 9.78. The first kappa shape index (κ1) is 23.0. The molecule has 2 aromatic carbocycles. The molecule has 1 aromatic heterocycles. The summed E-state index contributed by atoms with van der Waals surface area (Å²) < 4.78 is 49.6. The predicted molar refractivity (Wildman–Crippen MR) is 124 cm³/mol. The highest BCUT2D eigenvalue weighted by molar-refractivity contribution is 8.00. The van der Waals surface area contributed by atoms with Crippen LogP contribution < -0.4 is 15.2 Å². The van der Waals surface area contributed by atoms with Crippen LogP contribution in [0.25, 0.3) is 5.57 Å². The molecule has 0 saturated carbocycles. The van der Waals surface area contributed by atoms with Crippen LogP contribution in [0.2, 0.25) is 5.02 Å². The van der Waals surface area contributed by atoms with E-state index in [4.69, 9.17) is 22.1 Å². The lowest BCUT2D eigenvalue weighted by atomic mass is 9.81. The van der Waals surface area contributed by atoms with Crippen molar-refractivity contribution in [2.45, 2.75) is 23.8 Å². The molecule has 168 valence electrons. The van der Waals surface area contributed by atoms with Gasteiger partial charge in [-0.1, -0.05) is 41.1 Å². The average molecular weight is 498 g/mol. The van der Waals surface area contributed by atoms with E-state index < -0.39 is 10.9 Å². The van der Waals surface area contributed by atoms with Gasteiger partial charge in [0, 0.05) is 18.0 Å². The SMILES string of the molecule is NC1CCC=C(c2ccc(F)cc2)C1COc1cc(F)c(SNc2ncc(F)s2)cc1Cl. The van der Waals surface area contributed by atoms with Gasteiger partial charge in [0.2, 0.25) is 0 Å². The van der Waals surface area contributed by atoms with E-state index in [2.05, 4.69) is 15.8 Å². The number of nitrogens with zero attached hydrogens (tertiary/aromatic N) is 1. The monoisotopic (exact) mass is 497 g/mol. The van der Waals surface area contributed by atoms with Gasteiger partial charge in [-0.3, -0.25) is 0 Å². The molecule has 0 spiro atoms. The van der Waals surface area contributed by atoms with Gasteiger partial charge in [-0.2, -0.15) is 4.39 Å². The van der Waals surface area contributed by atoms with Crippen molar-refractivity contribution in [2.24, 2.45) is 11.7 Å². The largest absolute Gasteiger partial charge is 0.491 e. The molecule has 3 N–H and O–H groups in total. The third-order valence-corrected chi connectivity index (χ3v) is 7.04. The number of rotatable bonds is 7. The van der Waals surface area contributed by atoms with Crippen molar-refractivity contribution in [3.05, 3.63) is 76.0 Å². The summed E-state index contributed by atoms with van der Waals surface area (Å²) >= 11 is 8.07. The van der Waals surface area contributed by atoms with Crippen molar-refractivity contribution < 1.29 is 17.9 Å². The number of ether oxygens (including phenoxy) is 1. The number of anilines is 1. The van der Waals surface area contributed by atoms with Crippen LogP contribution in [0.5, 0.6) is 5.75 Å². The number of benzene rings is 2. The second kappa shape index (κ2) is 10.2. The summed E-state index contributed by atoms with van der Waals surface area (Å²) in [5.41, 5.74) is 8.20. The summed E-state index contributed by atoms with van der Waals surface area (Å²) in [6.07, 6.45) is 4.78. The highest BCUT2D eigenvalue weighted by Crippen LogP contribution is 2.36. The zero-order chi connectivity index (χ0) is 22.7. The quantitative estimate of drug-likeness (QED) is 0.363. The van der Waals surface area contributed by atoms with Crippen LogP contribution in [0.15, 0.2) is 53.6 Å². The van der Waals surface area contributed by atoms with Crippen molar-refractivity contribution in [3.8, 4) is 5.75 Å². The van der Waals surface area contributed by atoms with Crippen molar-refractivity contribution in [3.63, 3.8) is 0 Å². The van der Waals surface area contributed by atoms with Crippen LogP contribution in [0.4, 0.5) is 18.3 Å². The minimum Gasteiger partial charge on any atom is -0.491 e. The van der Waals surface area contributed by atoms with E-state index >= 15 is 0 Å². The van der Waals surface area contributed by atoms with Crippen LogP contribution in [-0.2, 0) is 0 Å². The fourth-order valence-corrected chi connectivity index (χ4v) is 5.03. The second-order valence-corrected chi connectivity index (χ2v) is 9.45. The Hall–Kier alpha value is -2.20. The maximum Gasteiger partial charge on any atom is 0.198 e. The molecule has 3 aromatic rings. The first-order valence-corrected chi connectivity index (χ1v) is 11.8. The van der Waals surface area contributed by atoms with Crippen LogP contribution in [0.3, 0.4) is 0 Å². The Labute approximate surface area is 196 Å². The molecule has 1 heterocycles. The summed E-state index contributed by atoms with van der Waals surface area (Å²) in [5, 5.41) is 0.109. The molecule has 0 radical (unpaired) electrons. The Morgan fingerprint density at radius 2 is 2.00 bits per heavy atom. The van der Waals surface area contributed by atoms with E-state index in [1.54, 1.807) is 12.1 Å². The lowest BCUT2D eigenvalue weighted by Crippen LogP contribution is -2.36. The summed E-state index contributed by atoms with van der Waals surface area (Å²) in [5.74, 6) is -0.799. The summed E-state index contributed by atoms with van der Waals surface area (Å²) in [7, 11) is 0. The average Bonchev–Trinajstić information content (AvgIpc) is 3.19. The van der Waals surface area contributed by atoms with Crippen LogP contribution >= 0.6 is 34.9 Å². The van der Waals surface area contributed by atoms with E-state index in [-0.39, 0.29) is 40.1 Å². The molecular formula is C22H19ClF3N3OS2. The molecule has 1 aliphatic carbocycles. The molecular weight excluding hydrogens is 479 g/mol. The number of halogens is 4. The van der Waals surface area contributed by atoms with E-state index in [1.165, 1.54) is 24.3 Å². The van der Waals surface area contributed by atoms with Crippen molar-refractivity contribution >= 4 is 45.6 Å². The molecule has 0 aliphatic heterocycles. The molecule has 4 rings (SSSR count). The Morgan fingerprint density at radius 1 is 1.22 bits per heavy atom. The fourth-order valence-electron chi connectivity index (χ4n) is 3.48. The molecule has 0 fully saturated rings. The van der Waals surface area contributed by atoms with E-state index in [0.29, 0.717) is 5.13 Å². The molecule has 2 atom stereocenters. The molecule has 10 heteroatoms. The highest BCUT2D eigenvalue weighted by Gasteiger charge is 2.27. The van der Waals surface area contributed by atoms with Crippen molar-refractivity contribution in [2.75, 3.05) is 11.3 Å². The normalized spacial score (nSPS) is 18.3. The molecule has 0 amide bonds. The zero-order valence-corrected chi connectivity index (χ0v) is 19.0. The molecule has 0 bridgehead atoms. The fraction of sp³-hybridized carbons (Fsp3) is 0.227. The lowest BCUT2D eigenvalue weighted by Gasteiger charge is -2.30. The number of thiazole rings is 1. The standard InChI is InChI=1S/C22H19ClF3N3OS2/c23-16-8-20(32-29-22-28-10-21(26)31-22)17(25)9-19(16)30-11-15-14(2-1-3-18(15)27)12-4-6-13(24)7-5-12/h2,4-10,15,18H,1,3,11,27H2,(H,28,29). The lowest BCUT2D eigenvalue weighted by molar-refractivity contribution is 0.252. The number of allylic oxidation sites excluding steroid dienone is 1. The van der Waals surface area contributed by atoms with Gasteiger partial charge in [0.15, 0.2) is 10.3 Å². The summed E-state index contributed by atoms with van der Waals surface area (Å²) in [6.45, 7) is 0.201. The third-order valence-electron chi connectivity index (χ3n) is 5.09. The molecule has 32 heavy (non-hydrogen) atoms. The van der Waals surface area contributed by atoms with Gasteiger partial charge in [-0.25, -0.2) is 13.8 Å². The van der Waals surface area contributed by atoms with Crippen LogP contribution in [-0.4, -0.2) is 17.6 Å². The number of hydrogen-bond donors (Lipinski definition) is 2. The Bertz CT molecular complexity index is 1120. The number of nitrogens with one attached hydrogen (secondary N) is 1. The van der Waals surface area contributed by atoms with E-state index in [0.717, 1.165) is 53.5 Å². The first-order chi connectivity index (χ1) is 15.4. The maximum atomic E-state index is 14.6. The van der Waals surface area contributed by atoms with Gasteiger partial charge in [-0.05, 0) is 54.1 Å². The third kappa shape index (κ3) is 5.40. The Kier molecular flexibility index (Phi) is 7.30. The number of hydrogen-bond acceptors (Lipinski definition) is 6. The van der Waals surface area contributed by atoms with E-state index in [1.807, 2.05) is 0 Å². The summed E-state index contributed by atoms with van der Waals surface area (Å²) in [6, 6.07) is 8.74.